The van der Waals surface area contributed by atoms with Crippen molar-refractivity contribution in [3.63, 3.8) is 0 Å². The second kappa shape index (κ2) is 7.95. The van der Waals surface area contributed by atoms with Gasteiger partial charge in [0.1, 0.15) is 12.4 Å². The summed E-state index contributed by atoms with van der Waals surface area (Å²) in [6.45, 7) is 2.48. The number of hydrogen-bond acceptors (Lipinski definition) is 7. The molecule has 0 spiro atoms. The zero-order valence-electron chi connectivity index (χ0n) is 15.8. The molecule has 3 aromatic rings. The van der Waals surface area contributed by atoms with Gasteiger partial charge >= 0.3 is 5.97 Å². The highest BCUT2D eigenvalue weighted by Gasteiger charge is 2.24. The number of pyridine rings is 1. The lowest BCUT2D eigenvalue weighted by atomic mass is 10.2. The van der Waals surface area contributed by atoms with Crippen LogP contribution in [0.4, 0.5) is 0 Å². The molecule has 0 saturated carbocycles. The molecule has 146 valence electrons. The predicted molar refractivity (Wildman–Crippen MR) is 102 cm³/mol. The molecular formula is C20H22N4O4. The lowest BCUT2D eigenvalue weighted by Crippen LogP contribution is -2.32. The number of ether oxygens (including phenoxy) is 3. The third kappa shape index (κ3) is 3.56. The molecule has 0 saturated heterocycles. The average molecular weight is 382 g/mol. The number of imidazole rings is 1. The maximum Gasteiger partial charge on any atom is 0.337 e. The number of methoxy groups -OCH3 is 2. The maximum atomic E-state index is 11.8. The van der Waals surface area contributed by atoms with Crippen LogP contribution in [-0.2, 0) is 22.6 Å². The van der Waals surface area contributed by atoms with Gasteiger partial charge in [0, 0.05) is 25.4 Å². The Morgan fingerprint density at radius 3 is 2.96 bits per heavy atom. The Balaban J connectivity index is 1.50. The van der Waals surface area contributed by atoms with Gasteiger partial charge in [0.05, 0.1) is 43.5 Å². The van der Waals surface area contributed by atoms with E-state index in [1.807, 2.05) is 18.2 Å². The molecule has 2 aromatic heterocycles. The third-order valence-corrected chi connectivity index (χ3v) is 4.81. The van der Waals surface area contributed by atoms with Crippen molar-refractivity contribution in [3.8, 4) is 5.88 Å². The summed E-state index contributed by atoms with van der Waals surface area (Å²) in [6, 6.07) is 9.41. The molecule has 0 radical (unpaired) electrons. The highest BCUT2D eigenvalue weighted by molar-refractivity contribution is 5.93. The smallest absolute Gasteiger partial charge is 0.337 e. The van der Waals surface area contributed by atoms with E-state index in [0.29, 0.717) is 31.2 Å². The fraction of sp³-hybridized carbons (Fsp3) is 0.350. The number of nitrogens with one attached hydrogen (secondary N) is 1. The summed E-state index contributed by atoms with van der Waals surface area (Å²) in [4.78, 5) is 20.6. The van der Waals surface area contributed by atoms with Gasteiger partial charge in [-0.15, -0.1) is 0 Å². The molecule has 0 fully saturated rings. The van der Waals surface area contributed by atoms with Crippen LogP contribution in [-0.4, -0.2) is 47.9 Å². The fourth-order valence-corrected chi connectivity index (χ4v) is 3.43. The van der Waals surface area contributed by atoms with Gasteiger partial charge < -0.3 is 24.1 Å². The largest absolute Gasteiger partial charge is 0.481 e. The fourth-order valence-electron chi connectivity index (χ4n) is 3.43. The van der Waals surface area contributed by atoms with Crippen molar-refractivity contribution in [2.24, 2.45) is 0 Å². The summed E-state index contributed by atoms with van der Waals surface area (Å²) in [5.74, 6) is 1.10. The van der Waals surface area contributed by atoms with E-state index in [1.54, 1.807) is 25.4 Å². The molecular weight excluding hydrogens is 360 g/mol. The number of nitrogens with zero attached hydrogens (tertiary/aromatic N) is 3. The highest BCUT2D eigenvalue weighted by Crippen LogP contribution is 2.26. The van der Waals surface area contributed by atoms with Crippen molar-refractivity contribution >= 4 is 17.0 Å². The van der Waals surface area contributed by atoms with E-state index < -0.39 is 0 Å². The van der Waals surface area contributed by atoms with E-state index in [0.717, 1.165) is 29.0 Å². The number of benzene rings is 1. The first-order valence-electron chi connectivity index (χ1n) is 9.06. The van der Waals surface area contributed by atoms with E-state index in [2.05, 4.69) is 19.9 Å². The van der Waals surface area contributed by atoms with Crippen molar-refractivity contribution in [1.29, 1.82) is 0 Å². The van der Waals surface area contributed by atoms with E-state index in [9.17, 15) is 4.79 Å². The van der Waals surface area contributed by atoms with Crippen LogP contribution >= 0.6 is 0 Å². The molecule has 0 unspecified atom stereocenters. The Morgan fingerprint density at radius 1 is 1.32 bits per heavy atom. The number of fused-ring (bicyclic) bond motifs is 3. The molecule has 28 heavy (non-hydrogen) atoms. The molecule has 1 aliphatic heterocycles. The minimum absolute atomic E-state index is 0.115. The molecule has 0 bridgehead atoms. The average Bonchev–Trinajstić information content (AvgIpc) is 3.12. The summed E-state index contributed by atoms with van der Waals surface area (Å²) in [5, 5.41) is 3.46. The van der Waals surface area contributed by atoms with Gasteiger partial charge in [-0.2, -0.15) is 0 Å². The van der Waals surface area contributed by atoms with Crippen LogP contribution in [0, 0.1) is 0 Å². The van der Waals surface area contributed by atoms with E-state index in [-0.39, 0.29) is 12.0 Å². The molecule has 8 nitrogen and oxygen atoms in total. The van der Waals surface area contributed by atoms with E-state index in [1.165, 1.54) is 7.11 Å². The molecule has 8 heteroatoms. The van der Waals surface area contributed by atoms with Crippen LogP contribution in [0.3, 0.4) is 0 Å². The lowest BCUT2D eigenvalue weighted by Gasteiger charge is -2.26. The Kier molecular flexibility index (Phi) is 5.23. The first-order chi connectivity index (χ1) is 13.7. The molecule has 1 atom stereocenters. The molecule has 1 N–H and O–H groups in total. The van der Waals surface area contributed by atoms with E-state index >= 15 is 0 Å². The first kappa shape index (κ1) is 18.4. The zero-order valence-corrected chi connectivity index (χ0v) is 15.8. The Morgan fingerprint density at radius 2 is 2.21 bits per heavy atom. The normalized spacial score (nSPS) is 16.0. The van der Waals surface area contributed by atoms with Gasteiger partial charge in [0.25, 0.3) is 0 Å². The standard InChI is InChI=1S/C20H22N4O4/c1-26-19-6-3-13(9-22-19)8-21-10-15-11-28-12-18-23-16-7-14(20(25)27-2)4-5-17(16)24(15)18/h3-7,9,15,21H,8,10-12H2,1-2H3/t15-/m0/s1. The Bertz CT molecular complexity index is 984. The van der Waals surface area contributed by atoms with Crippen molar-refractivity contribution in [2.45, 2.75) is 19.2 Å². The second-order valence-corrected chi connectivity index (χ2v) is 6.60. The van der Waals surface area contributed by atoms with Crippen molar-refractivity contribution in [1.82, 2.24) is 19.9 Å². The van der Waals surface area contributed by atoms with Gasteiger partial charge in [-0.25, -0.2) is 14.8 Å². The number of aromatic nitrogens is 3. The summed E-state index contributed by atoms with van der Waals surface area (Å²) in [5.41, 5.74) is 3.33. The number of hydrogen-bond donors (Lipinski definition) is 1. The number of carbonyl (C=O) groups excluding carboxylic acids is 1. The summed E-state index contributed by atoms with van der Waals surface area (Å²) in [7, 11) is 2.98. The van der Waals surface area contributed by atoms with Crippen LogP contribution < -0.4 is 10.1 Å². The van der Waals surface area contributed by atoms with Crippen LogP contribution in [0.1, 0.15) is 27.8 Å². The van der Waals surface area contributed by atoms with E-state index in [4.69, 9.17) is 14.2 Å². The molecule has 0 aliphatic carbocycles. The molecule has 4 rings (SSSR count). The van der Waals surface area contributed by atoms with Crippen LogP contribution in [0.25, 0.3) is 11.0 Å². The van der Waals surface area contributed by atoms with Crippen LogP contribution in [0.15, 0.2) is 36.5 Å². The molecule has 3 heterocycles. The minimum atomic E-state index is -0.365. The molecule has 1 aromatic carbocycles. The maximum absolute atomic E-state index is 11.8. The number of esters is 1. The zero-order chi connectivity index (χ0) is 19.5. The number of rotatable bonds is 6. The van der Waals surface area contributed by atoms with Crippen molar-refractivity contribution in [2.75, 3.05) is 27.4 Å². The summed E-state index contributed by atoms with van der Waals surface area (Å²) >= 11 is 0. The van der Waals surface area contributed by atoms with Gasteiger partial charge in [0.2, 0.25) is 5.88 Å². The lowest BCUT2D eigenvalue weighted by molar-refractivity contribution is 0.0564. The SMILES string of the molecule is COC(=O)c1ccc2c(c1)nc1n2[C@@H](CNCc2ccc(OC)nc2)COC1. The molecule has 1 aliphatic rings. The highest BCUT2D eigenvalue weighted by atomic mass is 16.5. The second-order valence-electron chi connectivity index (χ2n) is 6.60. The summed E-state index contributed by atoms with van der Waals surface area (Å²) in [6.07, 6.45) is 1.80. The monoisotopic (exact) mass is 382 g/mol. The Hall–Kier alpha value is -2.97. The van der Waals surface area contributed by atoms with Gasteiger partial charge in [0.15, 0.2) is 0 Å². The Labute approximate surface area is 162 Å². The predicted octanol–water partition coefficient (Wildman–Crippen LogP) is 2.09. The van der Waals surface area contributed by atoms with Gasteiger partial charge in [-0.3, -0.25) is 0 Å². The number of carbonyl (C=O) groups is 1. The summed E-state index contributed by atoms with van der Waals surface area (Å²) < 4.78 is 17.8. The topological polar surface area (TPSA) is 87.5 Å². The minimum Gasteiger partial charge on any atom is -0.481 e. The van der Waals surface area contributed by atoms with Gasteiger partial charge in [-0.05, 0) is 23.8 Å². The van der Waals surface area contributed by atoms with Crippen LogP contribution in [0.5, 0.6) is 5.88 Å². The quantitative estimate of drug-likeness (QED) is 0.653. The molecule has 0 amide bonds. The third-order valence-electron chi connectivity index (χ3n) is 4.81. The van der Waals surface area contributed by atoms with Crippen molar-refractivity contribution < 1.29 is 19.0 Å². The van der Waals surface area contributed by atoms with Crippen LogP contribution in [0.2, 0.25) is 0 Å². The van der Waals surface area contributed by atoms with Gasteiger partial charge in [-0.1, -0.05) is 6.07 Å². The first-order valence-corrected chi connectivity index (χ1v) is 9.06. The van der Waals surface area contributed by atoms with Crippen molar-refractivity contribution in [3.05, 3.63) is 53.5 Å².